The number of thioether (sulfide) groups is 1. The van der Waals surface area contributed by atoms with E-state index >= 15 is 0 Å². The molecule has 0 saturated heterocycles. The van der Waals surface area contributed by atoms with Crippen LogP contribution in [0.3, 0.4) is 0 Å². The maximum Gasteiger partial charge on any atom is 0.303 e. The second kappa shape index (κ2) is 6.81. The van der Waals surface area contributed by atoms with Crippen molar-refractivity contribution in [2.24, 2.45) is 5.92 Å². The van der Waals surface area contributed by atoms with Crippen LogP contribution in [0.15, 0.2) is 29.2 Å². The normalized spacial score (nSPS) is 14.5. The highest BCUT2D eigenvalue weighted by molar-refractivity contribution is 7.98. The predicted molar refractivity (Wildman–Crippen MR) is 76.1 cm³/mol. The third-order valence-electron chi connectivity index (χ3n) is 3.05. The van der Waals surface area contributed by atoms with E-state index in [1.165, 1.54) is 10.5 Å². The predicted octanol–water partition coefficient (Wildman–Crippen LogP) is 3.12. The molecule has 0 radical (unpaired) electrons. The number of hydrogen-bond acceptors (Lipinski definition) is 3. The molecule has 0 aliphatic carbocycles. The zero-order chi connectivity index (χ0) is 13.7. The first-order valence-electron chi connectivity index (χ1n) is 5.98. The minimum Gasteiger partial charge on any atom is -0.481 e. The summed E-state index contributed by atoms with van der Waals surface area (Å²) in [4.78, 5) is 14.2. The molecule has 0 heterocycles. The standard InChI is InChI=1S/C14H21NO2S/c1-10(9-13(16)17)14(15(2)3)11-5-7-12(18-4)8-6-11/h5-8,10,14H,9H2,1-4H3,(H,16,17). The molecule has 3 nitrogen and oxygen atoms in total. The molecule has 1 rings (SSSR count). The first-order chi connectivity index (χ1) is 8.45. The average Bonchev–Trinajstić information content (AvgIpc) is 2.28. The molecule has 1 N–H and O–H groups in total. The Balaban J connectivity index is 2.92. The van der Waals surface area contributed by atoms with Crippen LogP contribution in [-0.4, -0.2) is 36.3 Å². The molecule has 2 atom stereocenters. The van der Waals surface area contributed by atoms with Crippen molar-refractivity contribution in [3.63, 3.8) is 0 Å². The Bertz CT molecular complexity index is 389. The molecule has 0 aliphatic rings. The van der Waals surface area contributed by atoms with E-state index in [-0.39, 0.29) is 18.4 Å². The fraction of sp³-hybridized carbons (Fsp3) is 0.500. The molecule has 1 aromatic carbocycles. The van der Waals surface area contributed by atoms with Crippen LogP contribution in [0, 0.1) is 5.92 Å². The first-order valence-corrected chi connectivity index (χ1v) is 7.20. The largest absolute Gasteiger partial charge is 0.481 e. The van der Waals surface area contributed by atoms with Crippen molar-refractivity contribution < 1.29 is 9.90 Å². The smallest absolute Gasteiger partial charge is 0.303 e. The highest BCUT2D eigenvalue weighted by atomic mass is 32.2. The summed E-state index contributed by atoms with van der Waals surface area (Å²) in [5, 5.41) is 8.92. The molecule has 100 valence electrons. The molecule has 0 amide bonds. The van der Waals surface area contributed by atoms with Gasteiger partial charge in [-0.3, -0.25) is 4.79 Å². The van der Waals surface area contributed by atoms with Crippen molar-refractivity contribution in [1.82, 2.24) is 4.90 Å². The van der Waals surface area contributed by atoms with Gasteiger partial charge in [0.1, 0.15) is 0 Å². The number of rotatable bonds is 6. The highest BCUT2D eigenvalue weighted by Crippen LogP contribution is 2.30. The van der Waals surface area contributed by atoms with Crippen LogP contribution < -0.4 is 0 Å². The summed E-state index contributed by atoms with van der Waals surface area (Å²) in [5.74, 6) is -0.660. The highest BCUT2D eigenvalue weighted by Gasteiger charge is 2.23. The Morgan fingerprint density at radius 1 is 1.33 bits per heavy atom. The van der Waals surface area contributed by atoms with E-state index in [0.717, 1.165) is 0 Å². The molecule has 2 unspecified atom stereocenters. The number of carboxylic acids is 1. The van der Waals surface area contributed by atoms with Crippen molar-refractivity contribution in [1.29, 1.82) is 0 Å². The zero-order valence-electron chi connectivity index (χ0n) is 11.4. The zero-order valence-corrected chi connectivity index (χ0v) is 12.2. The van der Waals surface area contributed by atoms with Gasteiger partial charge >= 0.3 is 5.97 Å². The van der Waals surface area contributed by atoms with Crippen molar-refractivity contribution in [3.8, 4) is 0 Å². The quantitative estimate of drug-likeness (QED) is 0.804. The number of hydrogen-bond donors (Lipinski definition) is 1. The maximum absolute atomic E-state index is 10.8. The van der Waals surface area contributed by atoms with E-state index in [2.05, 4.69) is 29.2 Å². The number of nitrogens with zero attached hydrogens (tertiary/aromatic N) is 1. The summed E-state index contributed by atoms with van der Waals surface area (Å²) in [6.45, 7) is 1.99. The Kier molecular flexibility index (Phi) is 5.69. The monoisotopic (exact) mass is 267 g/mol. The molecule has 0 fully saturated rings. The minimum atomic E-state index is -0.741. The van der Waals surface area contributed by atoms with Crippen LogP contribution in [0.4, 0.5) is 0 Å². The minimum absolute atomic E-state index is 0.0811. The Morgan fingerprint density at radius 3 is 2.28 bits per heavy atom. The number of aliphatic carboxylic acids is 1. The van der Waals surface area contributed by atoms with E-state index in [4.69, 9.17) is 5.11 Å². The van der Waals surface area contributed by atoms with Crippen molar-refractivity contribution >= 4 is 17.7 Å². The summed E-state index contributed by atoms with van der Waals surface area (Å²) >= 11 is 1.71. The molecular formula is C14H21NO2S. The van der Waals surface area contributed by atoms with Gasteiger partial charge in [-0.15, -0.1) is 11.8 Å². The fourth-order valence-electron chi connectivity index (χ4n) is 2.32. The van der Waals surface area contributed by atoms with E-state index in [1.54, 1.807) is 11.8 Å². The molecular weight excluding hydrogens is 246 g/mol. The first kappa shape index (κ1) is 15.1. The van der Waals surface area contributed by atoms with E-state index < -0.39 is 5.97 Å². The lowest BCUT2D eigenvalue weighted by Gasteiger charge is -2.30. The summed E-state index contributed by atoms with van der Waals surface area (Å²) in [5.41, 5.74) is 1.17. The van der Waals surface area contributed by atoms with Crippen molar-refractivity contribution in [2.75, 3.05) is 20.4 Å². The molecule has 0 bridgehead atoms. The van der Waals surface area contributed by atoms with Crippen LogP contribution in [0.5, 0.6) is 0 Å². The lowest BCUT2D eigenvalue weighted by molar-refractivity contribution is -0.138. The van der Waals surface area contributed by atoms with Crippen molar-refractivity contribution in [3.05, 3.63) is 29.8 Å². The van der Waals surface area contributed by atoms with Crippen LogP contribution >= 0.6 is 11.8 Å². The molecule has 18 heavy (non-hydrogen) atoms. The molecule has 0 aromatic heterocycles. The number of carbonyl (C=O) groups is 1. The molecule has 0 saturated carbocycles. The van der Waals surface area contributed by atoms with Crippen LogP contribution in [0.2, 0.25) is 0 Å². The van der Waals surface area contributed by atoms with Gasteiger partial charge in [0.25, 0.3) is 0 Å². The van der Waals surface area contributed by atoms with E-state index in [0.29, 0.717) is 0 Å². The second-order valence-electron chi connectivity index (χ2n) is 4.76. The van der Waals surface area contributed by atoms with Gasteiger partial charge in [-0.1, -0.05) is 19.1 Å². The molecule has 0 spiro atoms. The van der Waals surface area contributed by atoms with Gasteiger partial charge in [0, 0.05) is 17.4 Å². The maximum atomic E-state index is 10.8. The van der Waals surface area contributed by atoms with Gasteiger partial charge < -0.3 is 10.0 Å². The Labute approximate surface area is 113 Å². The van der Waals surface area contributed by atoms with Gasteiger partial charge in [-0.05, 0) is 44.0 Å². The Morgan fingerprint density at radius 2 is 1.89 bits per heavy atom. The third-order valence-corrected chi connectivity index (χ3v) is 3.79. The van der Waals surface area contributed by atoms with E-state index in [1.807, 2.05) is 27.3 Å². The topological polar surface area (TPSA) is 40.5 Å². The van der Waals surface area contributed by atoms with Crippen LogP contribution in [0.25, 0.3) is 0 Å². The van der Waals surface area contributed by atoms with Crippen LogP contribution in [-0.2, 0) is 4.79 Å². The van der Waals surface area contributed by atoms with Crippen LogP contribution in [0.1, 0.15) is 24.9 Å². The number of carboxylic acid groups (broad SMARTS) is 1. The number of benzene rings is 1. The van der Waals surface area contributed by atoms with Gasteiger partial charge in [-0.25, -0.2) is 0 Å². The van der Waals surface area contributed by atoms with E-state index in [9.17, 15) is 4.79 Å². The lowest BCUT2D eigenvalue weighted by atomic mass is 9.91. The second-order valence-corrected chi connectivity index (χ2v) is 5.64. The third kappa shape index (κ3) is 4.03. The molecule has 0 aliphatic heterocycles. The summed E-state index contributed by atoms with van der Waals surface area (Å²) in [6, 6.07) is 8.49. The molecule has 4 heteroatoms. The summed E-state index contributed by atoms with van der Waals surface area (Å²) in [6.07, 6.45) is 2.23. The summed E-state index contributed by atoms with van der Waals surface area (Å²) < 4.78 is 0. The Hall–Kier alpha value is -1.00. The van der Waals surface area contributed by atoms with Gasteiger partial charge in [0.05, 0.1) is 0 Å². The average molecular weight is 267 g/mol. The van der Waals surface area contributed by atoms with Crippen molar-refractivity contribution in [2.45, 2.75) is 24.3 Å². The van der Waals surface area contributed by atoms with Gasteiger partial charge in [-0.2, -0.15) is 0 Å². The SMILES string of the molecule is CSc1ccc(C(C(C)CC(=O)O)N(C)C)cc1. The van der Waals surface area contributed by atoms with Gasteiger partial charge in [0.15, 0.2) is 0 Å². The van der Waals surface area contributed by atoms with Gasteiger partial charge in [0.2, 0.25) is 0 Å². The summed E-state index contributed by atoms with van der Waals surface area (Å²) in [7, 11) is 3.98. The molecule has 1 aromatic rings. The lowest BCUT2D eigenvalue weighted by Crippen LogP contribution is -2.27. The fourth-order valence-corrected chi connectivity index (χ4v) is 2.73.